The molecule has 0 aliphatic carbocycles. The van der Waals surface area contributed by atoms with Crippen molar-refractivity contribution in [3.8, 4) is 5.75 Å². The van der Waals surface area contributed by atoms with Crippen LogP contribution in [0.3, 0.4) is 0 Å². The fourth-order valence-electron chi connectivity index (χ4n) is 1.42. The Morgan fingerprint density at radius 1 is 1.25 bits per heavy atom. The van der Waals surface area contributed by atoms with Crippen LogP contribution < -0.4 is 4.74 Å². The third-order valence-electron chi connectivity index (χ3n) is 2.51. The first-order valence-electron chi connectivity index (χ1n) is 5.81. The predicted octanol–water partition coefficient (Wildman–Crippen LogP) is 2.17. The number of ketones is 1. The Labute approximate surface area is 115 Å². The Bertz CT molecular complexity index is 519. The zero-order valence-electron chi connectivity index (χ0n) is 11.2. The molecule has 108 valence electrons. The van der Waals surface area contributed by atoms with Gasteiger partial charge in [-0.3, -0.25) is 9.59 Å². The van der Waals surface area contributed by atoms with E-state index in [2.05, 4.69) is 4.74 Å². The first kappa shape index (κ1) is 15.7. The number of aliphatic hydroxyl groups is 1. The van der Waals surface area contributed by atoms with Crippen LogP contribution in [0, 0.1) is 5.82 Å². The van der Waals surface area contributed by atoms with Gasteiger partial charge >= 0.3 is 5.97 Å². The molecular formula is C14H15FO5. The summed E-state index contributed by atoms with van der Waals surface area (Å²) in [4.78, 5) is 22.5. The minimum Gasteiger partial charge on any atom is -0.508 e. The topological polar surface area (TPSA) is 72.8 Å². The van der Waals surface area contributed by atoms with E-state index in [-0.39, 0.29) is 24.4 Å². The van der Waals surface area contributed by atoms with Crippen molar-refractivity contribution in [2.45, 2.75) is 13.3 Å². The molecule has 0 aliphatic heterocycles. The highest BCUT2D eigenvalue weighted by molar-refractivity contribution is 5.97. The van der Waals surface area contributed by atoms with Gasteiger partial charge in [-0.1, -0.05) is 0 Å². The summed E-state index contributed by atoms with van der Waals surface area (Å²) < 4.78 is 22.3. The number of ether oxygens (including phenoxy) is 2. The van der Waals surface area contributed by atoms with Gasteiger partial charge in [0.1, 0.15) is 23.9 Å². The Morgan fingerprint density at radius 3 is 2.35 bits per heavy atom. The van der Waals surface area contributed by atoms with Crippen LogP contribution in [0.5, 0.6) is 5.75 Å². The predicted molar refractivity (Wildman–Crippen MR) is 68.9 cm³/mol. The van der Waals surface area contributed by atoms with Crippen molar-refractivity contribution in [3.05, 3.63) is 41.4 Å². The van der Waals surface area contributed by atoms with Crippen LogP contribution in [-0.4, -0.2) is 30.6 Å². The quantitative estimate of drug-likeness (QED) is 0.492. The van der Waals surface area contributed by atoms with Gasteiger partial charge in [0, 0.05) is 5.57 Å². The van der Waals surface area contributed by atoms with E-state index in [1.807, 2.05) is 0 Å². The van der Waals surface area contributed by atoms with Crippen LogP contribution in [0.1, 0.15) is 13.3 Å². The fourth-order valence-corrected chi connectivity index (χ4v) is 1.42. The molecule has 0 fully saturated rings. The number of Topliss-reactive ketones (excluding diaryl/α,β-unsaturated/α-hetero) is 1. The van der Waals surface area contributed by atoms with Crippen molar-refractivity contribution < 1.29 is 28.6 Å². The summed E-state index contributed by atoms with van der Waals surface area (Å²) in [5, 5.41) is 9.79. The van der Waals surface area contributed by atoms with Crippen molar-refractivity contribution in [3.63, 3.8) is 0 Å². The first-order valence-corrected chi connectivity index (χ1v) is 5.81. The number of methoxy groups -OCH3 is 1. The first-order chi connectivity index (χ1) is 9.43. The van der Waals surface area contributed by atoms with Crippen molar-refractivity contribution in [2.75, 3.05) is 13.7 Å². The molecule has 0 unspecified atom stereocenters. The van der Waals surface area contributed by atoms with Crippen LogP contribution in [-0.2, 0) is 14.3 Å². The maximum absolute atomic E-state index is 12.7. The Hall–Kier alpha value is -2.37. The highest BCUT2D eigenvalue weighted by atomic mass is 19.1. The summed E-state index contributed by atoms with van der Waals surface area (Å²) in [6, 6.07) is 5.18. The average Bonchev–Trinajstić information content (AvgIpc) is 2.43. The third-order valence-corrected chi connectivity index (χ3v) is 2.51. The van der Waals surface area contributed by atoms with Gasteiger partial charge in [-0.15, -0.1) is 0 Å². The molecule has 1 aromatic carbocycles. The van der Waals surface area contributed by atoms with Gasteiger partial charge in [0.15, 0.2) is 5.78 Å². The van der Waals surface area contributed by atoms with E-state index in [4.69, 9.17) is 4.74 Å². The zero-order chi connectivity index (χ0) is 15.1. The van der Waals surface area contributed by atoms with Gasteiger partial charge in [-0.05, 0) is 31.2 Å². The van der Waals surface area contributed by atoms with Crippen molar-refractivity contribution >= 4 is 11.8 Å². The lowest BCUT2D eigenvalue weighted by Crippen LogP contribution is -2.13. The number of hydrogen-bond acceptors (Lipinski definition) is 5. The van der Waals surface area contributed by atoms with Gasteiger partial charge < -0.3 is 14.6 Å². The maximum Gasteiger partial charge on any atom is 0.310 e. The number of carbonyl (C=O) groups is 2. The van der Waals surface area contributed by atoms with Gasteiger partial charge in [0.25, 0.3) is 0 Å². The highest BCUT2D eigenvalue weighted by Crippen LogP contribution is 2.14. The molecule has 0 atom stereocenters. The number of rotatable bonds is 6. The van der Waals surface area contributed by atoms with Crippen molar-refractivity contribution in [1.82, 2.24) is 0 Å². The summed E-state index contributed by atoms with van der Waals surface area (Å²) in [5.74, 6) is -1.52. The number of halogens is 1. The second-order valence-corrected chi connectivity index (χ2v) is 3.98. The molecule has 20 heavy (non-hydrogen) atoms. The summed E-state index contributed by atoms with van der Waals surface area (Å²) in [5.41, 5.74) is -0.0704. The van der Waals surface area contributed by atoms with Crippen LogP contribution in [0.25, 0.3) is 0 Å². The molecule has 0 heterocycles. The molecule has 0 aliphatic rings. The van der Waals surface area contributed by atoms with Gasteiger partial charge in [-0.25, -0.2) is 4.39 Å². The summed E-state index contributed by atoms with van der Waals surface area (Å²) >= 11 is 0. The molecule has 1 rings (SSSR count). The Kier molecular flexibility index (Phi) is 5.71. The van der Waals surface area contributed by atoms with E-state index in [9.17, 15) is 19.1 Å². The number of aliphatic hydroxyl groups excluding tert-OH is 1. The van der Waals surface area contributed by atoms with Gasteiger partial charge in [0.05, 0.1) is 13.5 Å². The standard InChI is InChI=1S/C14H15FO5/c1-9(16)12(7-14(18)19-2)13(17)8-20-11-5-3-10(15)4-6-11/h3-6,17H,7-8H2,1-2H3/b13-12-. The van der Waals surface area contributed by atoms with Crippen molar-refractivity contribution in [1.29, 1.82) is 0 Å². The molecule has 0 saturated heterocycles. The monoisotopic (exact) mass is 282 g/mol. The second kappa shape index (κ2) is 7.28. The molecule has 0 radical (unpaired) electrons. The number of esters is 1. The molecule has 6 heteroatoms. The van der Waals surface area contributed by atoms with E-state index in [0.29, 0.717) is 5.75 Å². The summed E-state index contributed by atoms with van der Waals surface area (Å²) in [6.45, 7) is 0.934. The Balaban J connectivity index is 2.75. The van der Waals surface area contributed by atoms with E-state index in [0.717, 1.165) is 0 Å². The van der Waals surface area contributed by atoms with Crippen molar-refractivity contribution in [2.24, 2.45) is 0 Å². The molecule has 0 saturated carbocycles. The van der Waals surface area contributed by atoms with Crippen LogP contribution in [0.2, 0.25) is 0 Å². The van der Waals surface area contributed by atoms with E-state index in [1.54, 1.807) is 0 Å². The SMILES string of the molecule is COC(=O)C/C(C(C)=O)=C(/O)COc1ccc(F)cc1. The molecule has 0 bridgehead atoms. The van der Waals surface area contributed by atoms with Gasteiger partial charge in [0.2, 0.25) is 0 Å². The lowest BCUT2D eigenvalue weighted by atomic mass is 10.1. The van der Waals surface area contributed by atoms with E-state index >= 15 is 0 Å². The highest BCUT2D eigenvalue weighted by Gasteiger charge is 2.16. The Morgan fingerprint density at radius 2 is 1.85 bits per heavy atom. The third kappa shape index (κ3) is 4.72. The lowest BCUT2D eigenvalue weighted by molar-refractivity contribution is -0.140. The second-order valence-electron chi connectivity index (χ2n) is 3.98. The summed E-state index contributed by atoms with van der Waals surface area (Å²) in [6.07, 6.45) is -0.329. The van der Waals surface area contributed by atoms with E-state index in [1.165, 1.54) is 38.3 Å². The number of benzene rings is 1. The normalized spacial score (nSPS) is 11.6. The molecule has 0 spiro atoms. The summed E-state index contributed by atoms with van der Waals surface area (Å²) in [7, 11) is 1.19. The fraction of sp³-hybridized carbons (Fsp3) is 0.286. The molecule has 0 amide bonds. The number of hydrogen-bond donors (Lipinski definition) is 1. The largest absolute Gasteiger partial charge is 0.508 e. The minimum atomic E-state index is -0.636. The lowest BCUT2D eigenvalue weighted by Gasteiger charge is -2.09. The van der Waals surface area contributed by atoms with Crippen LogP contribution in [0.15, 0.2) is 35.6 Å². The molecule has 1 aromatic rings. The smallest absolute Gasteiger partial charge is 0.310 e. The molecular weight excluding hydrogens is 267 g/mol. The molecule has 0 aromatic heterocycles. The van der Waals surface area contributed by atoms with Crippen LogP contribution >= 0.6 is 0 Å². The zero-order valence-corrected chi connectivity index (χ0v) is 11.2. The average molecular weight is 282 g/mol. The maximum atomic E-state index is 12.7. The molecule has 5 nitrogen and oxygen atoms in total. The molecule has 1 N–H and O–H groups in total. The van der Waals surface area contributed by atoms with E-state index < -0.39 is 17.6 Å². The minimum absolute atomic E-state index is 0.0704. The van der Waals surface area contributed by atoms with Gasteiger partial charge in [-0.2, -0.15) is 0 Å². The number of carbonyl (C=O) groups excluding carboxylic acids is 2. The van der Waals surface area contributed by atoms with Crippen LogP contribution in [0.4, 0.5) is 4.39 Å².